The van der Waals surface area contributed by atoms with Gasteiger partial charge in [0.1, 0.15) is 5.82 Å². The Hall–Kier alpha value is -1.14. The topological polar surface area (TPSA) is 80.1 Å². The minimum Gasteiger partial charge on any atom is -0.381 e. The summed E-state index contributed by atoms with van der Waals surface area (Å²) in [6.07, 6.45) is 4.46. The molecule has 2 fully saturated rings. The summed E-state index contributed by atoms with van der Waals surface area (Å²) in [4.78, 5) is 6.79. The number of piperidine rings is 1. The van der Waals surface area contributed by atoms with Crippen LogP contribution in [0.1, 0.15) is 37.4 Å². The minimum atomic E-state index is 0.249. The first-order valence-electron chi connectivity index (χ1n) is 6.83. The van der Waals surface area contributed by atoms with Gasteiger partial charge < -0.3 is 15.4 Å². The normalized spacial score (nSPS) is 29.5. The number of anilines is 1. The molecule has 0 aliphatic carbocycles. The molecular formula is C12H21N5O. The zero-order valence-corrected chi connectivity index (χ0v) is 10.6. The first-order valence-corrected chi connectivity index (χ1v) is 6.83. The molecule has 2 unspecified atom stereocenters. The summed E-state index contributed by atoms with van der Waals surface area (Å²) in [5, 5.41) is 7.39. The molecule has 0 spiro atoms. The molecule has 2 atom stereocenters. The second kappa shape index (κ2) is 5.24. The molecule has 6 nitrogen and oxygen atoms in total. The molecular weight excluding hydrogens is 230 g/mol. The smallest absolute Gasteiger partial charge is 0.244 e. The van der Waals surface area contributed by atoms with Gasteiger partial charge in [-0.1, -0.05) is 0 Å². The highest BCUT2D eigenvalue weighted by molar-refractivity contribution is 5.30. The number of hydrogen-bond donors (Lipinski definition) is 2. The maximum absolute atomic E-state index is 5.98. The predicted octanol–water partition coefficient (Wildman–Crippen LogP) is 0.626. The van der Waals surface area contributed by atoms with Crippen molar-refractivity contribution in [3.63, 3.8) is 0 Å². The number of aromatic amines is 1. The average molecular weight is 251 g/mol. The van der Waals surface area contributed by atoms with Gasteiger partial charge in [-0.15, -0.1) is 5.10 Å². The molecule has 2 aliphatic rings. The van der Waals surface area contributed by atoms with Crippen molar-refractivity contribution >= 4 is 5.95 Å². The summed E-state index contributed by atoms with van der Waals surface area (Å²) < 4.78 is 5.49. The van der Waals surface area contributed by atoms with Gasteiger partial charge in [-0.3, -0.25) is 5.10 Å². The standard InChI is InChI=1S/C12H21N5O/c13-10-4-1-5-17(7-10)12-14-11(15-16-12)9-3-2-6-18-8-9/h9-10H,1-8,13H2,(H,14,15,16). The van der Waals surface area contributed by atoms with Gasteiger partial charge in [0.2, 0.25) is 5.95 Å². The molecule has 3 N–H and O–H groups in total. The Balaban J connectivity index is 1.68. The van der Waals surface area contributed by atoms with Crippen molar-refractivity contribution in [3.05, 3.63) is 5.82 Å². The lowest BCUT2D eigenvalue weighted by Gasteiger charge is -2.29. The van der Waals surface area contributed by atoms with Gasteiger partial charge in [0.05, 0.1) is 6.61 Å². The van der Waals surface area contributed by atoms with E-state index in [1.165, 1.54) is 0 Å². The van der Waals surface area contributed by atoms with Crippen molar-refractivity contribution in [3.8, 4) is 0 Å². The second-order valence-corrected chi connectivity index (χ2v) is 5.28. The first kappa shape index (κ1) is 11.9. The lowest BCUT2D eigenvalue weighted by Crippen LogP contribution is -2.43. The Morgan fingerprint density at radius 2 is 2.28 bits per heavy atom. The Morgan fingerprint density at radius 1 is 1.33 bits per heavy atom. The van der Waals surface area contributed by atoms with Gasteiger partial charge in [-0.25, -0.2) is 0 Å². The van der Waals surface area contributed by atoms with E-state index in [1.807, 2.05) is 0 Å². The van der Waals surface area contributed by atoms with E-state index in [1.54, 1.807) is 0 Å². The van der Waals surface area contributed by atoms with Crippen LogP contribution in [0.15, 0.2) is 0 Å². The molecule has 18 heavy (non-hydrogen) atoms. The van der Waals surface area contributed by atoms with Crippen molar-refractivity contribution in [2.24, 2.45) is 5.73 Å². The average Bonchev–Trinajstić information content (AvgIpc) is 2.89. The van der Waals surface area contributed by atoms with Crippen LogP contribution in [0, 0.1) is 0 Å². The number of nitrogens with two attached hydrogens (primary N) is 1. The fraction of sp³-hybridized carbons (Fsp3) is 0.833. The van der Waals surface area contributed by atoms with Crippen LogP contribution in [0.25, 0.3) is 0 Å². The van der Waals surface area contributed by atoms with E-state index < -0.39 is 0 Å². The van der Waals surface area contributed by atoms with Gasteiger partial charge >= 0.3 is 0 Å². The minimum absolute atomic E-state index is 0.249. The Bertz CT molecular complexity index is 388. The number of rotatable bonds is 2. The monoisotopic (exact) mass is 251 g/mol. The van der Waals surface area contributed by atoms with Crippen molar-refractivity contribution in [2.45, 2.75) is 37.6 Å². The summed E-state index contributed by atoms with van der Waals surface area (Å²) in [7, 11) is 0. The highest BCUT2D eigenvalue weighted by Gasteiger charge is 2.23. The summed E-state index contributed by atoms with van der Waals surface area (Å²) in [6, 6.07) is 0.249. The van der Waals surface area contributed by atoms with E-state index in [0.717, 1.165) is 63.8 Å². The van der Waals surface area contributed by atoms with Crippen molar-refractivity contribution in [1.29, 1.82) is 0 Å². The van der Waals surface area contributed by atoms with Crippen molar-refractivity contribution < 1.29 is 4.74 Å². The van der Waals surface area contributed by atoms with E-state index >= 15 is 0 Å². The lowest BCUT2D eigenvalue weighted by molar-refractivity contribution is 0.0781. The molecule has 0 radical (unpaired) electrons. The SMILES string of the molecule is NC1CCCN(c2n[nH]c(C3CCCOC3)n2)C1. The Kier molecular flexibility index (Phi) is 3.47. The predicted molar refractivity (Wildman–Crippen MR) is 68.6 cm³/mol. The first-order chi connectivity index (χ1) is 8.83. The van der Waals surface area contributed by atoms with Crippen molar-refractivity contribution in [1.82, 2.24) is 15.2 Å². The van der Waals surface area contributed by atoms with Crippen LogP contribution >= 0.6 is 0 Å². The number of nitrogens with zero attached hydrogens (tertiary/aromatic N) is 3. The quantitative estimate of drug-likeness (QED) is 0.805. The van der Waals surface area contributed by atoms with Gasteiger partial charge in [-0.05, 0) is 25.7 Å². The van der Waals surface area contributed by atoms with Gasteiger partial charge in [-0.2, -0.15) is 4.98 Å². The largest absolute Gasteiger partial charge is 0.381 e. The number of ether oxygens (including phenoxy) is 1. The fourth-order valence-corrected chi connectivity index (χ4v) is 2.74. The van der Waals surface area contributed by atoms with Gasteiger partial charge in [0.15, 0.2) is 0 Å². The molecule has 0 saturated carbocycles. The molecule has 1 aromatic rings. The maximum atomic E-state index is 5.98. The summed E-state index contributed by atoms with van der Waals surface area (Å²) in [5.41, 5.74) is 5.98. The third kappa shape index (κ3) is 2.49. The Morgan fingerprint density at radius 3 is 3.06 bits per heavy atom. The molecule has 0 amide bonds. The highest BCUT2D eigenvalue weighted by Crippen LogP contribution is 2.24. The van der Waals surface area contributed by atoms with E-state index in [2.05, 4.69) is 20.1 Å². The van der Waals surface area contributed by atoms with Crippen LogP contribution in [0.2, 0.25) is 0 Å². The zero-order chi connectivity index (χ0) is 12.4. The molecule has 1 aromatic heterocycles. The number of nitrogens with one attached hydrogen (secondary N) is 1. The number of H-pyrrole nitrogens is 1. The molecule has 100 valence electrons. The van der Waals surface area contributed by atoms with E-state index in [4.69, 9.17) is 10.5 Å². The molecule has 3 rings (SSSR count). The van der Waals surface area contributed by atoms with Gasteiger partial charge in [0, 0.05) is 31.7 Å². The van der Waals surface area contributed by atoms with Gasteiger partial charge in [0.25, 0.3) is 0 Å². The van der Waals surface area contributed by atoms with Crippen LogP contribution in [-0.2, 0) is 4.74 Å². The van der Waals surface area contributed by atoms with Crippen LogP contribution in [0.5, 0.6) is 0 Å². The Labute approximate surface area is 107 Å². The molecule has 6 heteroatoms. The molecule has 0 bridgehead atoms. The second-order valence-electron chi connectivity index (χ2n) is 5.28. The zero-order valence-electron chi connectivity index (χ0n) is 10.6. The third-order valence-electron chi connectivity index (χ3n) is 3.78. The lowest BCUT2D eigenvalue weighted by atomic mass is 10.0. The van der Waals surface area contributed by atoms with Crippen LogP contribution in [0.3, 0.4) is 0 Å². The van der Waals surface area contributed by atoms with E-state index in [-0.39, 0.29) is 6.04 Å². The maximum Gasteiger partial charge on any atom is 0.244 e. The highest BCUT2D eigenvalue weighted by atomic mass is 16.5. The summed E-state index contributed by atoms with van der Waals surface area (Å²) in [5.74, 6) is 2.13. The van der Waals surface area contributed by atoms with Crippen LogP contribution < -0.4 is 10.6 Å². The fourth-order valence-electron chi connectivity index (χ4n) is 2.74. The van der Waals surface area contributed by atoms with E-state index in [0.29, 0.717) is 5.92 Å². The molecule has 2 saturated heterocycles. The van der Waals surface area contributed by atoms with E-state index in [9.17, 15) is 0 Å². The van der Waals surface area contributed by atoms with Crippen molar-refractivity contribution in [2.75, 3.05) is 31.2 Å². The molecule has 2 aliphatic heterocycles. The molecule has 0 aromatic carbocycles. The number of aromatic nitrogens is 3. The summed E-state index contributed by atoms with van der Waals surface area (Å²) in [6.45, 7) is 3.50. The molecule has 3 heterocycles. The third-order valence-corrected chi connectivity index (χ3v) is 3.78. The van der Waals surface area contributed by atoms with Crippen LogP contribution in [-0.4, -0.2) is 47.5 Å². The van der Waals surface area contributed by atoms with Crippen LogP contribution in [0.4, 0.5) is 5.95 Å². The summed E-state index contributed by atoms with van der Waals surface area (Å²) >= 11 is 0. The number of hydrogen-bond acceptors (Lipinski definition) is 5.